The standard InChI is InChI=1S/C14H35NO2Si2/c1-10-11-12-15(14(2,3)4)13(18(6)7)17-19(8,9)16-5/h13,18H,10-12H2,1-9H3. The van der Waals surface area contributed by atoms with Gasteiger partial charge in [0.15, 0.2) is 0 Å². The largest absolute Gasteiger partial charge is 0.398 e. The van der Waals surface area contributed by atoms with Gasteiger partial charge in [0, 0.05) is 19.2 Å². The molecule has 0 bridgehead atoms. The Hall–Kier alpha value is 0.314. The van der Waals surface area contributed by atoms with Gasteiger partial charge in [0.05, 0.1) is 14.6 Å². The summed E-state index contributed by atoms with van der Waals surface area (Å²) >= 11 is 0. The summed E-state index contributed by atoms with van der Waals surface area (Å²) in [5.41, 5.74) is 0.148. The molecule has 0 aromatic carbocycles. The number of unbranched alkanes of at least 4 members (excludes halogenated alkanes) is 1. The molecule has 1 atom stereocenters. The Labute approximate surface area is 123 Å². The van der Waals surface area contributed by atoms with Gasteiger partial charge >= 0.3 is 8.56 Å². The number of hydrogen-bond acceptors (Lipinski definition) is 3. The van der Waals surface area contributed by atoms with Crippen LogP contribution in [0, 0.1) is 0 Å². The van der Waals surface area contributed by atoms with E-state index in [1.54, 1.807) is 7.11 Å². The van der Waals surface area contributed by atoms with Crippen LogP contribution < -0.4 is 0 Å². The summed E-state index contributed by atoms with van der Waals surface area (Å²) in [5.74, 6) is 0.271. The Morgan fingerprint density at radius 2 is 1.74 bits per heavy atom. The van der Waals surface area contributed by atoms with Crippen LogP contribution in [0.3, 0.4) is 0 Å². The van der Waals surface area contributed by atoms with Crippen LogP contribution in [-0.4, -0.2) is 47.3 Å². The van der Waals surface area contributed by atoms with Crippen LogP contribution >= 0.6 is 0 Å². The van der Waals surface area contributed by atoms with Crippen LogP contribution in [0.2, 0.25) is 26.2 Å². The Morgan fingerprint density at radius 3 is 2.05 bits per heavy atom. The van der Waals surface area contributed by atoms with Gasteiger partial charge in [-0.3, -0.25) is 4.90 Å². The zero-order valence-electron chi connectivity index (χ0n) is 14.5. The lowest BCUT2D eigenvalue weighted by molar-refractivity contribution is -0.00623. The maximum atomic E-state index is 6.44. The lowest BCUT2D eigenvalue weighted by Gasteiger charge is -2.45. The molecule has 0 aliphatic rings. The van der Waals surface area contributed by atoms with Crippen molar-refractivity contribution >= 4 is 17.4 Å². The van der Waals surface area contributed by atoms with Gasteiger partial charge in [-0.05, 0) is 40.3 Å². The predicted molar refractivity (Wildman–Crippen MR) is 89.6 cm³/mol. The van der Waals surface area contributed by atoms with Crippen molar-refractivity contribution in [1.29, 1.82) is 0 Å². The van der Waals surface area contributed by atoms with E-state index in [4.69, 9.17) is 8.85 Å². The van der Waals surface area contributed by atoms with Gasteiger partial charge in [-0.1, -0.05) is 26.4 Å². The first kappa shape index (κ1) is 19.3. The second-order valence-corrected chi connectivity index (χ2v) is 13.6. The van der Waals surface area contributed by atoms with E-state index in [-0.39, 0.29) is 11.4 Å². The first-order valence-corrected chi connectivity index (χ1v) is 13.3. The van der Waals surface area contributed by atoms with E-state index in [1.807, 2.05) is 0 Å². The van der Waals surface area contributed by atoms with E-state index in [0.29, 0.717) is 0 Å². The second-order valence-electron chi connectivity index (χ2n) is 7.07. The normalized spacial score (nSPS) is 15.3. The average molecular weight is 306 g/mol. The molecule has 0 N–H and O–H groups in total. The molecule has 5 heteroatoms. The maximum Gasteiger partial charge on any atom is 0.332 e. The zero-order chi connectivity index (χ0) is 15.3. The number of hydrogen-bond donors (Lipinski definition) is 0. The van der Waals surface area contributed by atoms with Gasteiger partial charge in [0.25, 0.3) is 0 Å². The zero-order valence-corrected chi connectivity index (χ0v) is 16.7. The third kappa shape index (κ3) is 7.04. The van der Waals surface area contributed by atoms with Crippen molar-refractivity contribution in [3.05, 3.63) is 0 Å². The van der Waals surface area contributed by atoms with Gasteiger partial charge in [0.2, 0.25) is 0 Å². The van der Waals surface area contributed by atoms with Gasteiger partial charge < -0.3 is 8.85 Å². The Bertz CT molecular complexity index is 252. The Kier molecular flexibility index (Phi) is 8.06. The first-order chi connectivity index (χ1) is 8.55. The second kappa shape index (κ2) is 7.93. The molecule has 0 aliphatic carbocycles. The van der Waals surface area contributed by atoms with Crippen molar-refractivity contribution in [3.8, 4) is 0 Å². The van der Waals surface area contributed by atoms with E-state index in [2.05, 4.69) is 58.8 Å². The van der Waals surface area contributed by atoms with E-state index >= 15 is 0 Å². The summed E-state index contributed by atoms with van der Waals surface area (Å²) in [7, 11) is -1.16. The third-order valence-corrected chi connectivity index (χ3v) is 7.09. The SMILES string of the molecule is CCCCN(C(O[Si](C)(C)OC)[SiH](C)C)C(C)(C)C. The number of nitrogens with zero attached hydrogens (tertiary/aromatic N) is 1. The average Bonchev–Trinajstić information content (AvgIpc) is 2.26. The van der Waals surface area contributed by atoms with Crippen molar-refractivity contribution < 1.29 is 8.85 Å². The molecule has 0 radical (unpaired) electrons. The van der Waals surface area contributed by atoms with E-state index in [9.17, 15) is 0 Å². The monoisotopic (exact) mass is 305 g/mol. The molecule has 116 valence electrons. The molecular weight excluding hydrogens is 270 g/mol. The minimum atomic E-state index is -1.99. The van der Waals surface area contributed by atoms with Crippen molar-refractivity contribution in [1.82, 2.24) is 4.90 Å². The molecule has 0 saturated carbocycles. The van der Waals surface area contributed by atoms with Crippen molar-refractivity contribution in [3.63, 3.8) is 0 Å². The highest BCUT2D eigenvalue weighted by Gasteiger charge is 2.36. The number of rotatable bonds is 8. The Balaban J connectivity index is 5.06. The fourth-order valence-electron chi connectivity index (χ4n) is 2.07. The lowest BCUT2D eigenvalue weighted by atomic mass is 10.1. The summed E-state index contributed by atoms with van der Waals surface area (Å²) in [5, 5.41) is 0. The molecule has 19 heavy (non-hydrogen) atoms. The van der Waals surface area contributed by atoms with Gasteiger partial charge in [0.1, 0.15) is 0 Å². The first-order valence-electron chi connectivity index (χ1n) is 7.55. The molecule has 0 aromatic heterocycles. The third-order valence-electron chi connectivity index (χ3n) is 3.39. The molecular formula is C14H35NO2Si2. The van der Waals surface area contributed by atoms with Gasteiger partial charge in [-0.25, -0.2) is 0 Å². The summed E-state index contributed by atoms with van der Waals surface area (Å²) in [6, 6.07) is 0. The summed E-state index contributed by atoms with van der Waals surface area (Å²) in [4.78, 5) is 2.56. The van der Waals surface area contributed by atoms with Crippen molar-refractivity contribution in [2.45, 2.75) is 78.1 Å². The summed E-state index contributed by atoms with van der Waals surface area (Å²) in [6.45, 7) is 19.2. The summed E-state index contributed by atoms with van der Waals surface area (Å²) < 4.78 is 12.0. The molecule has 0 amide bonds. The van der Waals surface area contributed by atoms with Crippen molar-refractivity contribution in [2.75, 3.05) is 13.7 Å². The molecule has 0 saturated heterocycles. The van der Waals surface area contributed by atoms with Crippen LogP contribution in [0.5, 0.6) is 0 Å². The fourth-order valence-corrected chi connectivity index (χ4v) is 6.26. The van der Waals surface area contributed by atoms with Crippen LogP contribution in [0.4, 0.5) is 0 Å². The minimum absolute atomic E-state index is 0.148. The van der Waals surface area contributed by atoms with Gasteiger partial charge in [-0.2, -0.15) is 0 Å². The van der Waals surface area contributed by atoms with Crippen LogP contribution in [0.15, 0.2) is 0 Å². The maximum absolute atomic E-state index is 6.44. The van der Waals surface area contributed by atoms with Crippen LogP contribution in [0.25, 0.3) is 0 Å². The quantitative estimate of drug-likeness (QED) is 0.505. The van der Waals surface area contributed by atoms with E-state index in [1.165, 1.54) is 12.8 Å². The molecule has 3 nitrogen and oxygen atoms in total. The van der Waals surface area contributed by atoms with Crippen molar-refractivity contribution in [2.24, 2.45) is 0 Å². The summed E-state index contributed by atoms with van der Waals surface area (Å²) in [6.07, 6.45) is 2.46. The van der Waals surface area contributed by atoms with Crippen LogP contribution in [0.1, 0.15) is 40.5 Å². The topological polar surface area (TPSA) is 21.7 Å². The Morgan fingerprint density at radius 1 is 1.21 bits per heavy atom. The van der Waals surface area contributed by atoms with E-state index < -0.39 is 17.4 Å². The molecule has 0 fully saturated rings. The molecule has 0 aliphatic heterocycles. The fraction of sp³-hybridized carbons (Fsp3) is 1.00. The molecule has 0 rings (SSSR count). The minimum Gasteiger partial charge on any atom is -0.398 e. The molecule has 1 unspecified atom stereocenters. The highest BCUT2D eigenvalue weighted by molar-refractivity contribution is 6.66. The molecule has 0 aromatic rings. The van der Waals surface area contributed by atoms with Crippen LogP contribution in [-0.2, 0) is 8.85 Å². The molecule has 0 heterocycles. The van der Waals surface area contributed by atoms with Gasteiger partial charge in [-0.15, -0.1) is 0 Å². The van der Waals surface area contributed by atoms with E-state index in [0.717, 1.165) is 6.54 Å². The highest BCUT2D eigenvalue weighted by atomic mass is 28.4. The lowest BCUT2D eigenvalue weighted by Crippen LogP contribution is -2.58. The highest BCUT2D eigenvalue weighted by Crippen LogP contribution is 2.23. The smallest absolute Gasteiger partial charge is 0.332 e. The predicted octanol–water partition coefficient (Wildman–Crippen LogP) is 3.60. The molecule has 0 spiro atoms.